The molecule has 29 heavy (non-hydrogen) atoms. The van der Waals surface area contributed by atoms with Gasteiger partial charge >= 0.3 is 0 Å². The Labute approximate surface area is 188 Å². The number of phenolic OH excluding ortho intramolecular Hbond substituents is 1. The van der Waals surface area contributed by atoms with Gasteiger partial charge in [0.15, 0.2) is 23.4 Å². The quantitative estimate of drug-likeness (QED) is 0.318. The maximum Gasteiger partial charge on any atom is 0.174 e. The van der Waals surface area contributed by atoms with Crippen molar-refractivity contribution in [3.63, 3.8) is 0 Å². The number of aliphatic hydroxyl groups is 1. The average Bonchev–Trinajstić information content (AvgIpc) is 3.39. The second kappa shape index (κ2) is 6.20. The van der Waals surface area contributed by atoms with E-state index in [1.165, 1.54) is 12.8 Å². The van der Waals surface area contributed by atoms with Crippen LogP contribution < -0.4 is 28.7 Å². The van der Waals surface area contributed by atoms with Gasteiger partial charge in [-0.1, -0.05) is 12.6 Å². The Morgan fingerprint density at radius 3 is 2.83 bits per heavy atom. The van der Waals surface area contributed by atoms with Crippen LogP contribution in [0.1, 0.15) is 43.2 Å². The number of Topliss-reactive ketones (excluding diaryl/α,β-unsaturated/α-hetero) is 1. The molecular weight excluding hydrogens is 481 g/mol. The zero-order valence-electron chi connectivity index (χ0n) is 16.6. The number of likely N-dealkylation sites (tertiary alicyclic amines) is 1. The van der Waals surface area contributed by atoms with E-state index in [9.17, 15) is 15.0 Å². The molecule has 0 radical (unpaired) electrons. The van der Waals surface area contributed by atoms with E-state index in [0.717, 1.165) is 54.0 Å². The molecule has 5 atom stereocenters. The number of ether oxygens (including phenoxy) is 1. The molecule has 1 unspecified atom stereocenters. The van der Waals surface area contributed by atoms with Crippen LogP contribution in [-0.2, 0) is 16.6 Å². The lowest BCUT2D eigenvalue weighted by Gasteiger charge is -2.65. The molecule has 0 amide bonds. The van der Waals surface area contributed by atoms with E-state index in [2.05, 4.69) is 6.58 Å². The maximum absolute atomic E-state index is 12.9. The number of nitrogens with zero attached hydrogens (tertiary/aromatic N) is 1. The fourth-order valence-corrected chi connectivity index (χ4v) is 7.29. The number of ketones is 1. The van der Waals surface area contributed by atoms with Crippen molar-refractivity contribution in [1.82, 2.24) is 0 Å². The van der Waals surface area contributed by atoms with Crippen molar-refractivity contribution in [3.8, 4) is 11.5 Å². The Morgan fingerprint density at radius 2 is 2.10 bits per heavy atom. The number of carbonyl (C=O) groups excluding carboxylic acids is 1. The van der Waals surface area contributed by atoms with Crippen LogP contribution in [0.5, 0.6) is 11.5 Å². The summed E-state index contributed by atoms with van der Waals surface area (Å²) in [4.78, 5) is 12.9. The molecule has 2 bridgehead atoms. The molecule has 1 aromatic carbocycles. The standard InChI is InChI=1S/C23H27NO4.HI/c1-2-10-24(13-14-3-4-14)11-9-22-19-15-5-6-16(25)20(19)28-21(22)17(26)7-8-23(22,27)18(24)12-15;/h2,5-6,14,18,21,27H,1,3-4,7-13H2;1H/t18-,21+,22+,23?,24+;/m1./s1. The first-order valence-corrected chi connectivity index (χ1v) is 10.7. The summed E-state index contributed by atoms with van der Waals surface area (Å²) in [5.41, 5.74) is 0.378. The minimum absolute atomic E-state index is 0. The predicted molar refractivity (Wildman–Crippen MR) is 103 cm³/mol. The minimum atomic E-state index is -0.978. The average molecular weight is 509 g/mol. The lowest BCUT2D eigenvalue weighted by atomic mass is 9.48. The summed E-state index contributed by atoms with van der Waals surface area (Å²) in [5.74, 6) is 1.35. The van der Waals surface area contributed by atoms with Gasteiger partial charge in [-0.3, -0.25) is 4.79 Å². The molecule has 5 aliphatic rings. The van der Waals surface area contributed by atoms with Crippen LogP contribution in [-0.4, -0.2) is 57.9 Å². The summed E-state index contributed by atoms with van der Waals surface area (Å²) in [6.07, 6.45) is 6.25. The Hall–Kier alpha value is -1.12. The van der Waals surface area contributed by atoms with Gasteiger partial charge in [0.25, 0.3) is 0 Å². The van der Waals surface area contributed by atoms with Gasteiger partial charge in [-0.25, -0.2) is 0 Å². The fourth-order valence-electron chi connectivity index (χ4n) is 7.29. The predicted octanol–water partition coefficient (Wildman–Crippen LogP) is -0.770. The van der Waals surface area contributed by atoms with Crippen molar-refractivity contribution in [1.29, 1.82) is 0 Å². The van der Waals surface area contributed by atoms with E-state index in [-0.39, 0.29) is 41.6 Å². The Balaban J connectivity index is 0.00000181. The normalized spacial score (nSPS) is 41.2. The molecule has 6 heteroatoms. The van der Waals surface area contributed by atoms with Crippen LogP contribution >= 0.6 is 0 Å². The number of hydrogen-bond donors (Lipinski definition) is 2. The van der Waals surface area contributed by atoms with Gasteiger partial charge in [0.2, 0.25) is 0 Å². The summed E-state index contributed by atoms with van der Waals surface area (Å²) in [7, 11) is 0. The first-order valence-electron chi connectivity index (χ1n) is 10.7. The molecule has 3 fully saturated rings. The number of aromatic hydroxyl groups is 1. The number of quaternary nitrogens is 1. The highest BCUT2D eigenvalue weighted by Crippen LogP contribution is 2.66. The van der Waals surface area contributed by atoms with E-state index < -0.39 is 17.1 Å². The smallest absolute Gasteiger partial charge is 0.174 e. The van der Waals surface area contributed by atoms with Gasteiger partial charge in [-0.15, -0.1) is 0 Å². The molecule has 2 aliphatic heterocycles. The van der Waals surface area contributed by atoms with Crippen molar-refractivity contribution in [3.05, 3.63) is 35.9 Å². The number of piperidine rings is 1. The summed E-state index contributed by atoms with van der Waals surface area (Å²) in [5, 5.41) is 22.8. The summed E-state index contributed by atoms with van der Waals surface area (Å²) < 4.78 is 7.00. The van der Waals surface area contributed by atoms with Crippen LogP contribution in [0.4, 0.5) is 0 Å². The molecule has 1 saturated heterocycles. The van der Waals surface area contributed by atoms with Gasteiger partial charge in [-0.2, -0.15) is 0 Å². The molecule has 3 aliphatic carbocycles. The largest absolute Gasteiger partial charge is 1.00 e. The van der Waals surface area contributed by atoms with Gasteiger partial charge in [0.1, 0.15) is 11.6 Å². The number of halogens is 1. The maximum atomic E-state index is 12.9. The van der Waals surface area contributed by atoms with Crippen molar-refractivity contribution >= 4 is 5.78 Å². The molecule has 0 aromatic heterocycles. The van der Waals surface area contributed by atoms with Gasteiger partial charge < -0.3 is 43.4 Å². The third kappa shape index (κ3) is 2.26. The summed E-state index contributed by atoms with van der Waals surface area (Å²) >= 11 is 0. The zero-order chi connectivity index (χ0) is 19.3. The number of rotatable bonds is 4. The van der Waals surface area contributed by atoms with Crippen LogP contribution in [0, 0.1) is 5.92 Å². The highest BCUT2D eigenvalue weighted by atomic mass is 127. The van der Waals surface area contributed by atoms with Crippen LogP contribution in [0.25, 0.3) is 0 Å². The second-order valence-electron chi connectivity index (χ2n) is 9.82. The Bertz CT molecular complexity index is 914. The van der Waals surface area contributed by atoms with E-state index in [1.807, 2.05) is 12.1 Å². The van der Waals surface area contributed by atoms with E-state index in [0.29, 0.717) is 18.6 Å². The molecule has 2 heterocycles. The number of hydrogen-bond acceptors (Lipinski definition) is 4. The molecule has 156 valence electrons. The lowest BCUT2D eigenvalue weighted by molar-refractivity contribution is -0.962. The number of phenols is 1. The molecule has 2 saturated carbocycles. The van der Waals surface area contributed by atoms with Gasteiger partial charge in [-0.05, 0) is 37.0 Å². The van der Waals surface area contributed by atoms with Crippen molar-refractivity contribution < 1.29 is 48.2 Å². The Kier molecular flexibility index (Phi) is 4.24. The fraction of sp³-hybridized carbons (Fsp3) is 0.609. The lowest BCUT2D eigenvalue weighted by Crippen LogP contribution is -3.00. The first kappa shape index (κ1) is 19.8. The van der Waals surface area contributed by atoms with Crippen LogP contribution in [0.3, 0.4) is 0 Å². The second-order valence-corrected chi connectivity index (χ2v) is 9.82. The number of benzene rings is 1. The van der Waals surface area contributed by atoms with E-state index in [4.69, 9.17) is 4.74 Å². The monoisotopic (exact) mass is 509 g/mol. The first-order chi connectivity index (χ1) is 13.5. The molecule has 1 spiro atoms. The molecule has 5 nitrogen and oxygen atoms in total. The van der Waals surface area contributed by atoms with Crippen molar-refractivity contribution in [2.45, 2.75) is 61.7 Å². The third-order valence-corrected chi connectivity index (χ3v) is 8.56. The highest BCUT2D eigenvalue weighted by Gasteiger charge is 2.76. The minimum Gasteiger partial charge on any atom is -1.00 e. The van der Waals surface area contributed by atoms with Gasteiger partial charge in [0, 0.05) is 30.7 Å². The molecule has 2 N–H and O–H groups in total. The zero-order valence-corrected chi connectivity index (χ0v) is 18.7. The SMILES string of the molecule is C=CC[N@@+]1(CC2CC2)CC[C@]23c4c5ccc(O)c4O[C@H]2C(=O)CCC3(O)[C@H]1C5.[I-]. The summed E-state index contributed by atoms with van der Waals surface area (Å²) in [6, 6.07) is 3.72. The molecule has 1 aromatic rings. The van der Waals surface area contributed by atoms with Crippen molar-refractivity contribution in [2.75, 3.05) is 19.6 Å². The van der Waals surface area contributed by atoms with Crippen molar-refractivity contribution in [2.24, 2.45) is 5.92 Å². The number of carbonyl (C=O) groups is 1. The van der Waals surface area contributed by atoms with Crippen LogP contribution in [0.2, 0.25) is 0 Å². The summed E-state index contributed by atoms with van der Waals surface area (Å²) in [6.45, 7) is 6.92. The van der Waals surface area contributed by atoms with E-state index in [1.54, 1.807) is 6.07 Å². The highest BCUT2D eigenvalue weighted by molar-refractivity contribution is 5.90. The molecule has 6 rings (SSSR count). The van der Waals surface area contributed by atoms with E-state index >= 15 is 0 Å². The van der Waals surface area contributed by atoms with Gasteiger partial charge in [0.05, 0.1) is 25.0 Å². The van der Waals surface area contributed by atoms with Crippen LogP contribution in [0.15, 0.2) is 24.8 Å². The molecular formula is C23H28INO4. The topological polar surface area (TPSA) is 66.8 Å². The Morgan fingerprint density at radius 1 is 1.31 bits per heavy atom. The third-order valence-electron chi connectivity index (χ3n) is 8.56.